The molecule has 0 aliphatic carbocycles. The monoisotopic (exact) mass is 621 g/mol. The Morgan fingerprint density at radius 1 is 1.16 bits per heavy atom. The molecule has 2 aromatic carbocycles. The lowest BCUT2D eigenvalue weighted by Crippen LogP contribution is -2.30. The van der Waals surface area contributed by atoms with Crippen LogP contribution >= 0.6 is 11.6 Å². The van der Waals surface area contributed by atoms with E-state index in [0.29, 0.717) is 47.5 Å². The van der Waals surface area contributed by atoms with Gasteiger partial charge in [-0.25, -0.2) is 13.5 Å². The van der Waals surface area contributed by atoms with Gasteiger partial charge in [-0.15, -0.1) is 0 Å². The van der Waals surface area contributed by atoms with Crippen LogP contribution in [-0.2, 0) is 20.7 Å². The van der Waals surface area contributed by atoms with E-state index in [2.05, 4.69) is 20.7 Å². The number of benzene rings is 2. The van der Waals surface area contributed by atoms with Crippen molar-refractivity contribution in [2.45, 2.75) is 45.6 Å². The summed E-state index contributed by atoms with van der Waals surface area (Å²) in [7, 11) is 1.30. The van der Waals surface area contributed by atoms with E-state index in [4.69, 9.17) is 16.3 Å². The number of ether oxygens (including phenoxy) is 1. The SMILES string of the molecule is COC(=O)Cc1ccc2c(c1)NC(=O)[C@H](C)CCC[C@@H](NC(=O)c1cnn(-c3cccc(Cl)c3F)c1C)c1cc-2ncc1F. The molecule has 2 N–H and O–H groups in total. The molecule has 0 radical (unpaired) electrons. The van der Waals surface area contributed by atoms with Gasteiger partial charge in [-0.1, -0.05) is 43.1 Å². The second-order valence-corrected chi connectivity index (χ2v) is 11.1. The fraction of sp³-hybridized carbons (Fsp3) is 0.281. The Bertz CT molecular complexity index is 1760. The largest absolute Gasteiger partial charge is 0.469 e. The predicted molar refractivity (Wildman–Crippen MR) is 160 cm³/mol. The molecule has 5 rings (SSSR count). The second kappa shape index (κ2) is 12.9. The molecule has 228 valence electrons. The van der Waals surface area contributed by atoms with Gasteiger partial charge >= 0.3 is 5.97 Å². The highest BCUT2D eigenvalue weighted by molar-refractivity contribution is 6.30. The molecule has 12 heteroatoms. The number of halogens is 3. The molecule has 1 aliphatic rings. The molecule has 0 fully saturated rings. The summed E-state index contributed by atoms with van der Waals surface area (Å²) in [5, 5.41) is 9.99. The van der Waals surface area contributed by atoms with E-state index in [1.807, 2.05) is 0 Å². The first kappa shape index (κ1) is 30.8. The summed E-state index contributed by atoms with van der Waals surface area (Å²) in [4.78, 5) is 42.8. The van der Waals surface area contributed by atoms with Gasteiger partial charge in [-0.05, 0) is 49.6 Å². The van der Waals surface area contributed by atoms with Crippen molar-refractivity contribution in [3.8, 4) is 16.9 Å². The molecule has 2 bridgehead atoms. The number of carbonyl (C=O) groups is 3. The van der Waals surface area contributed by atoms with Crippen LogP contribution in [0.5, 0.6) is 0 Å². The van der Waals surface area contributed by atoms with E-state index in [1.165, 1.54) is 30.1 Å². The van der Waals surface area contributed by atoms with Gasteiger partial charge in [0.25, 0.3) is 5.91 Å². The number of carbonyl (C=O) groups excluding carboxylic acids is 3. The number of nitrogens with one attached hydrogen (secondary N) is 2. The van der Waals surface area contributed by atoms with Crippen molar-refractivity contribution in [1.29, 1.82) is 0 Å². The van der Waals surface area contributed by atoms with E-state index < -0.39 is 35.5 Å². The molecule has 44 heavy (non-hydrogen) atoms. The summed E-state index contributed by atoms with van der Waals surface area (Å²) in [5.41, 5.74) is 2.79. The van der Waals surface area contributed by atoms with Crippen molar-refractivity contribution in [3.05, 3.63) is 93.9 Å². The van der Waals surface area contributed by atoms with Crippen LogP contribution in [0.1, 0.15) is 59.4 Å². The number of fused-ring (bicyclic) bond motifs is 4. The highest BCUT2D eigenvalue weighted by atomic mass is 35.5. The Morgan fingerprint density at radius 3 is 2.73 bits per heavy atom. The third-order valence-electron chi connectivity index (χ3n) is 7.75. The van der Waals surface area contributed by atoms with E-state index in [-0.39, 0.29) is 34.2 Å². The van der Waals surface area contributed by atoms with Crippen LogP contribution in [0.4, 0.5) is 14.5 Å². The van der Waals surface area contributed by atoms with Crippen molar-refractivity contribution in [2.24, 2.45) is 5.92 Å². The average Bonchev–Trinajstić information content (AvgIpc) is 3.38. The van der Waals surface area contributed by atoms with E-state index >= 15 is 4.39 Å². The van der Waals surface area contributed by atoms with Gasteiger partial charge in [-0.3, -0.25) is 19.4 Å². The first-order chi connectivity index (χ1) is 21.1. The van der Waals surface area contributed by atoms with E-state index in [1.54, 1.807) is 44.2 Å². The summed E-state index contributed by atoms with van der Waals surface area (Å²) in [6.07, 6.45) is 3.72. The van der Waals surface area contributed by atoms with Gasteiger partial charge in [-0.2, -0.15) is 5.10 Å². The fourth-order valence-corrected chi connectivity index (χ4v) is 5.39. The number of hydrogen-bond acceptors (Lipinski definition) is 6. The highest BCUT2D eigenvalue weighted by Gasteiger charge is 2.26. The predicted octanol–water partition coefficient (Wildman–Crippen LogP) is 6.12. The third kappa shape index (κ3) is 6.33. The summed E-state index contributed by atoms with van der Waals surface area (Å²) in [6.45, 7) is 3.41. The average molecular weight is 622 g/mol. The minimum atomic E-state index is -0.772. The molecule has 0 saturated heterocycles. The summed E-state index contributed by atoms with van der Waals surface area (Å²) in [6, 6.07) is 10.4. The Morgan fingerprint density at radius 2 is 1.95 bits per heavy atom. The number of hydrogen-bond donors (Lipinski definition) is 2. The highest BCUT2D eigenvalue weighted by Crippen LogP contribution is 2.34. The summed E-state index contributed by atoms with van der Waals surface area (Å²) in [5.74, 6) is -2.85. The number of rotatable bonds is 5. The molecule has 2 amide bonds. The van der Waals surface area contributed by atoms with Crippen LogP contribution in [0.2, 0.25) is 5.02 Å². The Kier molecular flexibility index (Phi) is 9.05. The first-order valence-electron chi connectivity index (χ1n) is 14.0. The summed E-state index contributed by atoms with van der Waals surface area (Å²) < 4.78 is 36.1. The molecule has 3 heterocycles. The van der Waals surface area contributed by atoms with Gasteiger partial charge in [0.15, 0.2) is 5.82 Å². The number of amides is 2. The Hall–Kier alpha value is -4.64. The van der Waals surface area contributed by atoms with Crippen molar-refractivity contribution < 1.29 is 27.9 Å². The van der Waals surface area contributed by atoms with Crippen LogP contribution in [0.25, 0.3) is 16.9 Å². The maximum absolute atomic E-state index is 15.4. The van der Waals surface area contributed by atoms with Crippen LogP contribution in [0.15, 0.2) is 54.9 Å². The van der Waals surface area contributed by atoms with Crippen molar-refractivity contribution >= 4 is 35.1 Å². The minimum Gasteiger partial charge on any atom is -0.469 e. The maximum atomic E-state index is 15.4. The Balaban J connectivity index is 1.51. The van der Waals surface area contributed by atoms with Crippen molar-refractivity contribution in [3.63, 3.8) is 0 Å². The van der Waals surface area contributed by atoms with Gasteiger partial charge in [0.05, 0.1) is 59.6 Å². The lowest BCUT2D eigenvalue weighted by atomic mass is 9.94. The van der Waals surface area contributed by atoms with Crippen LogP contribution < -0.4 is 10.6 Å². The molecule has 2 aromatic heterocycles. The van der Waals surface area contributed by atoms with Gasteiger partial charge in [0.2, 0.25) is 5.91 Å². The lowest BCUT2D eigenvalue weighted by molar-refractivity contribution is -0.139. The molecule has 1 aliphatic heterocycles. The zero-order valence-electron chi connectivity index (χ0n) is 24.3. The zero-order valence-corrected chi connectivity index (χ0v) is 25.0. The fourth-order valence-electron chi connectivity index (χ4n) is 5.22. The Labute approximate surface area is 257 Å². The van der Waals surface area contributed by atoms with Crippen molar-refractivity contribution in [1.82, 2.24) is 20.1 Å². The second-order valence-electron chi connectivity index (χ2n) is 10.7. The molecule has 4 aromatic rings. The van der Waals surface area contributed by atoms with Crippen LogP contribution in [0.3, 0.4) is 0 Å². The third-order valence-corrected chi connectivity index (χ3v) is 8.04. The minimum absolute atomic E-state index is 0.00532. The van der Waals surface area contributed by atoms with Crippen LogP contribution in [-0.4, -0.2) is 39.7 Å². The first-order valence-corrected chi connectivity index (χ1v) is 14.4. The quantitative estimate of drug-likeness (QED) is 0.260. The van der Waals surface area contributed by atoms with Crippen molar-refractivity contribution in [2.75, 3.05) is 12.4 Å². The van der Waals surface area contributed by atoms with Gasteiger partial charge in [0, 0.05) is 17.0 Å². The number of anilines is 1. The molecule has 0 spiro atoms. The van der Waals surface area contributed by atoms with Gasteiger partial charge < -0.3 is 15.4 Å². The molecule has 2 atom stereocenters. The number of methoxy groups -OCH3 is 1. The standard InChI is InChI=1S/C32H30ClF2N5O4/c1-17-6-4-8-25(38-32(43)22-15-37-40(18(22)2)28-9-5-7-23(33)30(28)35)21-14-26(36-16-24(21)34)20-11-10-19(13-29(41)44-3)12-27(20)39-31(17)42/h5,7,9-12,14-17,25H,4,6,8,13H2,1-3H3,(H,38,43)(H,39,42)/t17-,25-/m1/s1. The molecular weight excluding hydrogens is 592 g/mol. The van der Waals surface area contributed by atoms with Crippen LogP contribution in [0, 0.1) is 24.5 Å². The summed E-state index contributed by atoms with van der Waals surface area (Å²) >= 11 is 5.94. The van der Waals surface area contributed by atoms with E-state index in [0.717, 1.165) is 6.20 Å². The molecule has 9 nitrogen and oxygen atoms in total. The van der Waals surface area contributed by atoms with E-state index in [9.17, 15) is 18.8 Å². The smallest absolute Gasteiger partial charge is 0.309 e. The number of nitrogens with zero attached hydrogens (tertiary/aromatic N) is 3. The zero-order chi connectivity index (χ0) is 31.5. The van der Waals surface area contributed by atoms with Gasteiger partial charge in [0.1, 0.15) is 11.5 Å². The maximum Gasteiger partial charge on any atom is 0.309 e. The molecule has 0 saturated carbocycles. The number of pyridine rings is 1. The molecule has 0 unspecified atom stereocenters. The lowest BCUT2D eigenvalue weighted by Gasteiger charge is -2.23. The number of esters is 1. The normalized spacial score (nSPS) is 16.6. The topological polar surface area (TPSA) is 115 Å². The molecular formula is C32H30ClF2N5O4. The number of aromatic nitrogens is 3.